The summed E-state index contributed by atoms with van der Waals surface area (Å²) in [5.41, 5.74) is -3.97. The third kappa shape index (κ3) is 5.41. The Hall–Kier alpha value is -3.77. The Bertz CT molecular complexity index is 1070. The number of nitrogens with one attached hydrogen (secondary N) is 2. The lowest BCUT2D eigenvalue weighted by atomic mass is 10.0. The first-order chi connectivity index (χ1) is 15.8. The topological polar surface area (TPSA) is 87.7 Å². The number of nitrogens with zero attached hydrogens (tertiary/aromatic N) is 1. The van der Waals surface area contributed by atoms with E-state index >= 15 is 0 Å². The quantitative estimate of drug-likeness (QED) is 0.481. The summed E-state index contributed by atoms with van der Waals surface area (Å²) in [4.78, 5) is 38.4. The van der Waals surface area contributed by atoms with E-state index in [9.17, 15) is 40.7 Å². The van der Waals surface area contributed by atoms with Crippen LogP contribution in [0.3, 0.4) is 0 Å². The zero-order chi connectivity index (χ0) is 25.3. The van der Waals surface area contributed by atoms with Crippen molar-refractivity contribution in [3.05, 3.63) is 53.6 Å². The van der Waals surface area contributed by atoms with Crippen molar-refractivity contribution in [3.63, 3.8) is 0 Å². The van der Waals surface area contributed by atoms with Gasteiger partial charge < -0.3 is 15.4 Å². The van der Waals surface area contributed by atoms with E-state index in [4.69, 9.17) is 4.74 Å². The molecule has 2 aromatic rings. The van der Waals surface area contributed by atoms with Crippen LogP contribution in [0.5, 0.6) is 5.75 Å². The second-order valence-electron chi connectivity index (χ2n) is 7.12. The maximum atomic E-state index is 13.1. The molecule has 1 aliphatic rings. The predicted octanol–water partition coefficient (Wildman–Crippen LogP) is 4.43. The minimum absolute atomic E-state index is 0.0851. The largest absolute Gasteiger partial charge is 0.494 e. The van der Waals surface area contributed by atoms with Gasteiger partial charge in [-0.3, -0.25) is 9.59 Å². The highest BCUT2D eigenvalue weighted by Crippen LogP contribution is 2.37. The molecule has 2 N–H and O–H groups in total. The molecule has 182 valence electrons. The van der Waals surface area contributed by atoms with Crippen molar-refractivity contribution in [2.45, 2.75) is 19.3 Å². The van der Waals surface area contributed by atoms with E-state index in [-0.39, 0.29) is 11.8 Å². The second-order valence-corrected chi connectivity index (χ2v) is 7.12. The van der Waals surface area contributed by atoms with Crippen molar-refractivity contribution in [2.75, 3.05) is 23.4 Å². The number of hydrogen-bond donors (Lipinski definition) is 2. The van der Waals surface area contributed by atoms with Crippen molar-refractivity contribution >= 4 is 29.2 Å². The van der Waals surface area contributed by atoms with Gasteiger partial charge in [-0.1, -0.05) is 0 Å². The molecule has 0 spiro atoms. The fraction of sp³-hybridized carbons (Fsp3) is 0.286. The summed E-state index contributed by atoms with van der Waals surface area (Å²) >= 11 is 0. The van der Waals surface area contributed by atoms with Crippen molar-refractivity contribution in [3.8, 4) is 5.75 Å². The first-order valence-corrected chi connectivity index (χ1v) is 9.76. The molecule has 1 saturated heterocycles. The maximum absolute atomic E-state index is 13.1. The van der Waals surface area contributed by atoms with Crippen molar-refractivity contribution in [2.24, 2.45) is 5.92 Å². The third-order valence-electron chi connectivity index (χ3n) is 4.76. The van der Waals surface area contributed by atoms with Crippen LogP contribution in [0.4, 0.5) is 42.5 Å². The lowest BCUT2D eigenvalue weighted by molar-refractivity contribution is -0.143. The highest BCUT2D eigenvalue weighted by atomic mass is 19.4. The summed E-state index contributed by atoms with van der Waals surface area (Å²) in [6, 6.07) is 5.42. The number of rotatable bonds is 5. The van der Waals surface area contributed by atoms with E-state index in [1.54, 1.807) is 6.92 Å². The fourth-order valence-corrected chi connectivity index (χ4v) is 3.18. The monoisotopic (exact) mass is 489 g/mol. The van der Waals surface area contributed by atoms with Gasteiger partial charge in [0.15, 0.2) is 0 Å². The molecule has 1 heterocycles. The summed E-state index contributed by atoms with van der Waals surface area (Å²) in [6.07, 6.45) is -10.2. The van der Waals surface area contributed by atoms with Gasteiger partial charge in [-0.05, 0) is 49.4 Å². The lowest BCUT2D eigenvalue weighted by Crippen LogP contribution is -2.58. The van der Waals surface area contributed by atoms with Gasteiger partial charge in [-0.15, -0.1) is 0 Å². The van der Waals surface area contributed by atoms with Crippen LogP contribution in [0.15, 0.2) is 42.5 Å². The van der Waals surface area contributed by atoms with Gasteiger partial charge in [0, 0.05) is 12.2 Å². The Morgan fingerprint density at radius 1 is 1.03 bits per heavy atom. The number of carbonyl (C=O) groups excluding carboxylic acids is 3. The third-order valence-corrected chi connectivity index (χ3v) is 4.76. The average Bonchev–Trinajstić information content (AvgIpc) is 2.73. The molecular formula is C21H17F6N3O4. The lowest BCUT2D eigenvalue weighted by Gasteiger charge is -2.30. The summed E-state index contributed by atoms with van der Waals surface area (Å²) in [5, 5.41) is 4.22. The normalized spacial score (nSPS) is 16.8. The number of anilines is 2. The van der Waals surface area contributed by atoms with E-state index in [2.05, 4.69) is 5.32 Å². The summed E-state index contributed by atoms with van der Waals surface area (Å²) in [5.74, 6) is -3.34. The summed E-state index contributed by atoms with van der Waals surface area (Å²) in [6.45, 7) is 1.62. The van der Waals surface area contributed by atoms with E-state index < -0.39 is 59.5 Å². The molecule has 34 heavy (non-hydrogen) atoms. The molecule has 7 nitrogen and oxygen atoms in total. The summed E-state index contributed by atoms with van der Waals surface area (Å²) < 4.78 is 83.6. The van der Waals surface area contributed by atoms with Gasteiger partial charge >= 0.3 is 18.4 Å². The number of ether oxygens (including phenoxy) is 1. The molecule has 2 aromatic carbocycles. The number of benzene rings is 2. The molecule has 4 amide bonds. The van der Waals surface area contributed by atoms with Crippen LogP contribution in [-0.2, 0) is 21.9 Å². The molecule has 1 fully saturated rings. The zero-order valence-corrected chi connectivity index (χ0v) is 17.4. The fourth-order valence-electron chi connectivity index (χ4n) is 3.18. The van der Waals surface area contributed by atoms with Gasteiger partial charge in [0.25, 0.3) is 0 Å². The number of alkyl halides is 6. The molecule has 0 aromatic heterocycles. The number of urea groups is 1. The number of carbonyl (C=O) groups is 3. The maximum Gasteiger partial charge on any atom is 0.416 e. The van der Waals surface area contributed by atoms with E-state index in [1.165, 1.54) is 24.3 Å². The molecule has 1 aliphatic heterocycles. The van der Waals surface area contributed by atoms with E-state index in [1.807, 2.05) is 5.32 Å². The molecule has 1 unspecified atom stereocenters. The Morgan fingerprint density at radius 3 is 2.09 bits per heavy atom. The number of amides is 4. The highest BCUT2D eigenvalue weighted by Gasteiger charge is 2.41. The highest BCUT2D eigenvalue weighted by molar-refractivity contribution is 6.23. The van der Waals surface area contributed by atoms with Crippen molar-refractivity contribution in [1.82, 2.24) is 5.32 Å². The molecule has 3 rings (SSSR count). The zero-order valence-electron chi connectivity index (χ0n) is 17.4. The minimum atomic E-state index is -5.11. The SMILES string of the molecule is CCOc1ccc(N2C(=O)NCC(C(=O)Nc3cc(C(F)(F)F)cc(C(F)(F)F)c3)C2=O)cc1. The Labute approximate surface area is 188 Å². The van der Waals surface area contributed by atoms with E-state index in [0.717, 1.165) is 0 Å². The van der Waals surface area contributed by atoms with Crippen molar-refractivity contribution < 1.29 is 45.5 Å². The van der Waals surface area contributed by atoms with Crippen LogP contribution >= 0.6 is 0 Å². The van der Waals surface area contributed by atoms with Crippen LogP contribution in [0.1, 0.15) is 18.1 Å². The van der Waals surface area contributed by atoms with Crippen LogP contribution in [0, 0.1) is 5.92 Å². The Morgan fingerprint density at radius 2 is 1.59 bits per heavy atom. The predicted molar refractivity (Wildman–Crippen MR) is 107 cm³/mol. The smallest absolute Gasteiger partial charge is 0.416 e. The second kappa shape index (κ2) is 9.23. The molecule has 0 aliphatic carbocycles. The van der Waals surface area contributed by atoms with Crippen molar-refractivity contribution in [1.29, 1.82) is 0 Å². The van der Waals surface area contributed by atoms with Crippen LogP contribution in [0.25, 0.3) is 0 Å². The van der Waals surface area contributed by atoms with E-state index in [0.29, 0.717) is 29.4 Å². The molecule has 13 heteroatoms. The van der Waals surface area contributed by atoms with Gasteiger partial charge in [0.05, 0.1) is 23.4 Å². The standard InChI is InChI=1S/C21H17F6N3O4/c1-2-34-15-5-3-14(4-6-15)30-18(32)16(10-28-19(30)33)17(31)29-13-8-11(20(22,23)24)7-12(9-13)21(25,26)27/h3-9,16H,2,10H2,1H3,(H,28,33)(H,29,31). The molecular weight excluding hydrogens is 472 g/mol. The minimum Gasteiger partial charge on any atom is -0.494 e. The first-order valence-electron chi connectivity index (χ1n) is 9.76. The molecule has 0 saturated carbocycles. The van der Waals surface area contributed by atoms with Gasteiger partial charge in [-0.25, -0.2) is 9.69 Å². The molecule has 0 radical (unpaired) electrons. The molecule has 1 atom stereocenters. The van der Waals surface area contributed by atoms with Crippen LogP contribution in [0.2, 0.25) is 0 Å². The Kier molecular flexibility index (Phi) is 6.75. The number of hydrogen-bond acceptors (Lipinski definition) is 4. The summed E-state index contributed by atoms with van der Waals surface area (Å²) in [7, 11) is 0. The van der Waals surface area contributed by atoms with Crippen LogP contribution < -0.4 is 20.3 Å². The van der Waals surface area contributed by atoms with Crippen LogP contribution in [-0.4, -0.2) is 31.0 Å². The Balaban J connectivity index is 1.86. The van der Waals surface area contributed by atoms with Gasteiger partial charge in [0.1, 0.15) is 11.7 Å². The number of imide groups is 1. The number of halogens is 6. The van der Waals surface area contributed by atoms with Gasteiger partial charge in [0.2, 0.25) is 11.8 Å². The first kappa shape index (κ1) is 24.9. The average molecular weight is 489 g/mol. The van der Waals surface area contributed by atoms with Gasteiger partial charge in [-0.2, -0.15) is 26.3 Å². The molecule has 0 bridgehead atoms.